The zero-order chi connectivity index (χ0) is 12.3. The molecule has 0 atom stereocenters. The molecular weight excluding hydrogens is 236 g/mol. The lowest BCUT2D eigenvalue weighted by Gasteiger charge is -2.09. The van der Waals surface area contributed by atoms with Crippen LogP contribution in [0.25, 0.3) is 0 Å². The van der Waals surface area contributed by atoms with Crippen molar-refractivity contribution in [3.05, 3.63) is 57.1 Å². The van der Waals surface area contributed by atoms with Gasteiger partial charge in [-0.3, -0.25) is 10.1 Å². The summed E-state index contributed by atoms with van der Waals surface area (Å²) in [5, 5.41) is 10.5. The van der Waals surface area contributed by atoms with E-state index in [0.29, 0.717) is 0 Å². The van der Waals surface area contributed by atoms with Crippen LogP contribution in [0.1, 0.15) is 12.8 Å². The van der Waals surface area contributed by atoms with Crippen LogP contribution in [0.4, 0.5) is 5.69 Å². The molecule has 0 amide bonds. The van der Waals surface area contributed by atoms with Crippen LogP contribution in [-0.4, -0.2) is 4.92 Å². The Bertz CT molecular complexity index is 492. The maximum atomic E-state index is 10.5. The number of allylic oxidation sites excluding steroid dienone is 3. The van der Waals surface area contributed by atoms with Crippen LogP contribution in [0.5, 0.6) is 0 Å². The maximum Gasteiger partial charge on any atom is 0.269 e. The number of nitro groups is 1. The van der Waals surface area contributed by atoms with Gasteiger partial charge in [0.05, 0.1) is 4.92 Å². The molecule has 0 aromatic heterocycles. The number of rotatable bonds is 3. The van der Waals surface area contributed by atoms with E-state index in [0.717, 1.165) is 28.3 Å². The number of nitro benzene ring substituents is 1. The summed E-state index contributed by atoms with van der Waals surface area (Å²) in [6.07, 6.45) is 5.94. The van der Waals surface area contributed by atoms with Gasteiger partial charge in [0.1, 0.15) is 0 Å². The van der Waals surface area contributed by atoms with Crippen LogP contribution >= 0.6 is 11.8 Å². The molecule has 1 aliphatic rings. The third kappa shape index (κ3) is 3.10. The molecule has 1 aromatic carbocycles. The van der Waals surface area contributed by atoms with Gasteiger partial charge < -0.3 is 5.73 Å². The highest BCUT2D eigenvalue weighted by Crippen LogP contribution is 2.31. The largest absolute Gasteiger partial charge is 0.402 e. The SMILES string of the molecule is NC1=CC(Sc2ccc([N+](=O)[O-])cc2)=CCC1. The topological polar surface area (TPSA) is 69.2 Å². The third-order valence-corrected chi connectivity index (χ3v) is 3.42. The summed E-state index contributed by atoms with van der Waals surface area (Å²) >= 11 is 1.57. The lowest BCUT2D eigenvalue weighted by atomic mass is 10.1. The molecule has 0 heterocycles. The standard InChI is InChI=1S/C12H12N2O2S/c13-9-2-1-3-12(8-9)17-11-6-4-10(5-7-11)14(15)16/h3-8H,1-2,13H2. The highest BCUT2D eigenvalue weighted by molar-refractivity contribution is 8.03. The molecule has 2 rings (SSSR count). The summed E-state index contributed by atoms with van der Waals surface area (Å²) in [5.74, 6) is 0. The number of thioether (sulfide) groups is 1. The van der Waals surface area contributed by atoms with Gasteiger partial charge in [-0.15, -0.1) is 0 Å². The highest BCUT2D eigenvalue weighted by atomic mass is 32.2. The Morgan fingerprint density at radius 3 is 2.59 bits per heavy atom. The van der Waals surface area contributed by atoms with Crippen molar-refractivity contribution < 1.29 is 4.92 Å². The van der Waals surface area contributed by atoms with Gasteiger partial charge in [0.25, 0.3) is 5.69 Å². The van der Waals surface area contributed by atoms with E-state index in [-0.39, 0.29) is 5.69 Å². The first kappa shape index (κ1) is 11.7. The number of benzene rings is 1. The second-order valence-electron chi connectivity index (χ2n) is 3.72. The second-order valence-corrected chi connectivity index (χ2v) is 4.86. The first-order valence-electron chi connectivity index (χ1n) is 5.23. The summed E-state index contributed by atoms with van der Waals surface area (Å²) < 4.78 is 0. The number of hydrogen-bond donors (Lipinski definition) is 1. The van der Waals surface area contributed by atoms with E-state index in [2.05, 4.69) is 6.08 Å². The number of nitrogens with zero attached hydrogens (tertiary/aromatic N) is 1. The summed E-state index contributed by atoms with van der Waals surface area (Å²) in [6.45, 7) is 0. The fourth-order valence-electron chi connectivity index (χ4n) is 1.54. The zero-order valence-corrected chi connectivity index (χ0v) is 9.94. The Labute approximate surface area is 103 Å². The van der Waals surface area contributed by atoms with Crippen LogP contribution in [-0.2, 0) is 0 Å². The normalized spacial score (nSPS) is 15.1. The second kappa shape index (κ2) is 5.05. The molecule has 1 aliphatic carbocycles. The first-order chi connectivity index (χ1) is 8.15. The fourth-order valence-corrected chi connectivity index (χ4v) is 2.49. The van der Waals surface area contributed by atoms with Crippen molar-refractivity contribution in [3.8, 4) is 0 Å². The Hall–Kier alpha value is -1.75. The molecule has 0 saturated heterocycles. The number of nitrogens with two attached hydrogens (primary N) is 1. The van der Waals surface area contributed by atoms with Gasteiger partial charge in [-0.05, 0) is 31.1 Å². The molecule has 0 bridgehead atoms. The first-order valence-corrected chi connectivity index (χ1v) is 6.05. The molecule has 0 saturated carbocycles. The predicted octanol–water partition coefficient (Wildman–Crippen LogP) is 3.21. The lowest BCUT2D eigenvalue weighted by molar-refractivity contribution is -0.384. The van der Waals surface area contributed by atoms with Crippen LogP contribution < -0.4 is 5.73 Å². The molecule has 4 nitrogen and oxygen atoms in total. The molecule has 5 heteroatoms. The number of non-ortho nitro benzene ring substituents is 1. The Morgan fingerprint density at radius 2 is 2.00 bits per heavy atom. The van der Waals surface area contributed by atoms with E-state index in [9.17, 15) is 10.1 Å². The summed E-state index contributed by atoms with van der Waals surface area (Å²) in [4.78, 5) is 12.2. The fraction of sp³-hybridized carbons (Fsp3) is 0.167. The maximum absolute atomic E-state index is 10.5. The van der Waals surface area contributed by atoms with Crippen molar-refractivity contribution in [2.24, 2.45) is 5.73 Å². The zero-order valence-electron chi connectivity index (χ0n) is 9.13. The quantitative estimate of drug-likeness (QED) is 0.658. The van der Waals surface area contributed by atoms with Crippen molar-refractivity contribution >= 4 is 17.4 Å². The van der Waals surface area contributed by atoms with E-state index >= 15 is 0 Å². The van der Waals surface area contributed by atoms with E-state index in [4.69, 9.17) is 5.73 Å². The van der Waals surface area contributed by atoms with Crippen LogP contribution in [0.3, 0.4) is 0 Å². The summed E-state index contributed by atoms with van der Waals surface area (Å²) in [5.41, 5.74) is 6.76. The molecule has 0 aliphatic heterocycles. The Morgan fingerprint density at radius 1 is 1.29 bits per heavy atom. The van der Waals surface area contributed by atoms with Crippen LogP contribution in [0.2, 0.25) is 0 Å². The van der Waals surface area contributed by atoms with Gasteiger partial charge in [0, 0.05) is 27.6 Å². The third-order valence-electron chi connectivity index (χ3n) is 2.39. The van der Waals surface area contributed by atoms with Crippen LogP contribution in [0.15, 0.2) is 51.9 Å². The van der Waals surface area contributed by atoms with Gasteiger partial charge in [-0.2, -0.15) is 0 Å². The van der Waals surface area contributed by atoms with Gasteiger partial charge >= 0.3 is 0 Å². The minimum absolute atomic E-state index is 0.113. The minimum Gasteiger partial charge on any atom is -0.402 e. The van der Waals surface area contributed by atoms with Crippen molar-refractivity contribution in [2.75, 3.05) is 0 Å². The molecule has 2 N–H and O–H groups in total. The summed E-state index contributed by atoms with van der Waals surface area (Å²) in [7, 11) is 0. The molecule has 0 radical (unpaired) electrons. The van der Waals surface area contributed by atoms with Gasteiger partial charge in [0.2, 0.25) is 0 Å². The average molecular weight is 248 g/mol. The van der Waals surface area contributed by atoms with Gasteiger partial charge in [-0.25, -0.2) is 0 Å². The average Bonchev–Trinajstić information content (AvgIpc) is 2.29. The van der Waals surface area contributed by atoms with E-state index in [1.54, 1.807) is 23.9 Å². The summed E-state index contributed by atoms with van der Waals surface area (Å²) in [6, 6.07) is 6.53. The molecule has 1 aromatic rings. The minimum atomic E-state index is -0.397. The number of hydrogen-bond acceptors (Lipinski definition) is 4. The van der Waals surface area contributed by atoms with Crippen LogP contribution in [0, 0.1) is 10.1 Å². The molecule has 88 valence electrons. The van der Waals surface area contributed by atoms with Crippen molar-refractivity contribution in [1.82, 2.24) is 0 Å². The van der Waals surface area contributed by atoms with E-state index in [1.165, 1.54) is 12.1 Å². The highest BCUT2D eigenvalue weighted by Gasteiger charge is 2.07. The lowest BCUT2D eigenvalue weighted by Crippen LogP contribution is -2.00. The molecular formula is C12H12N2O2S. The Balaban J connectivity index is 2.09. The molecule has 0 unspecified atom stereocenters. The van der Waals surface area contributed by atoms with E-state index < -0.39 is 4.92 Å². The van der Waals surface area contributed by atoms with E-state index in [1.807, 2.05) is 6.08 Å². The smallest absolute Gasteiger partial charge is 0.269 e. The predicted molar refractivity (Wildman–Crippen MR) is 68.5 cm³/mol. The van der Waals surface area contributed by atoms with Crippen molar-refractivity contribution in [1.29, 1.82) is 0 Å². The molecule has 0 spiro atoms. The molecule has 0 fully saturated rings. The monoisotopic (exact) mass is 248 g/mol. The molecule has 17 heavy (non-hydrogen) atoms. The Kier molecular flexibility index (Phi) is 3.49. The van der Waals surface area contributed by atoms with Crippen molar-refractivity contribution in [2.45, 2.75) is 17.7 Å². The van der Waals surface area contributed by atoms with Gasteiger partial charge in [0.15, 0.2) is 0 Å². The van der Waals surface area contributed by atoms with Crippen molar-refractivity contribution in [3.63, 3.8) is 0 Å². The van der Waals surface area contributed by atoms with Gasteiger partial charge in [-0.1, -0.05) is 17.8 Å².